The molecular formula is C18H21NO2S. The maximum Gasteiger partial charge on any atom is 0.285 e. The summed E-state index contributed by atoms with van der Waals surface area (Å²) in [5.74, 6) is 0.874. The molecule has 0 aromatic heterocycles. The van der Waals surface area contributed by atoms with Gasteiger partial charge in [0.05, 0.1) is 5.69 Å². The van der Waals surface area contributed by atoms with Crippen molar-refractivity contribution >= 4 is 22.7 Å². The van der Waals surface area contributed by atoms with Crippen LogP contribution in [0, 0.1) is 13.8 Å². The van der Waals surface area contributed by atoms with E-state index in [1.807, 2.05) is 43.3 Å². The standard InChI is InChI=1S/C18H21NO2S/c1-13-9-10-17(14(2)11-13)21-12-15-7-5-6-8-16(15)19(3)18(20)22-4/h5-11H,12H2,1-4H3. The molecule has 0 aliphatic heterocycles. The predicted octanol–water partition coefficient (Wildman–Crippen LogP) is 4.80. The lowest BCUT2D eigenvalue weighted by Crippen LogP contribution is -2.23. The summed E-state index contributed by atoms with van der Waals surface area (Å²) in [6, 6.07) is 14.0. The average molecular weight is 315 g/mol. The van der Waals surface area contributed by atoms with E-state index in [4.69, 9.17) is 4.74 Å². The van der Waals surface area contributed by atoms with Gasteiger partial charge in [-0.2, -0.15) is 0 Å². The Morgan fingerprint density at radius 1 is 1.18 bits per heavy atom. The molecule has 2 aromatic rings. The van der Waals surface area contributed by atoms with Crippen LogP contribution in [0.1, 0.15) is 16.7 Å². The average Bonchev–Trinajstić information content (AvgIpc) is 2.53. The summed E-state index contributed by atoms with van der Waals surface area (Å²) in [4.78, 5) is 13.5. The molecular weight excluding hydrogens is 294 g/mol. The molecule has 22 heavy (non-hydrogen) atoms. The van der Waals surface area contributed by atoms with Crippen molar-refractivity contribution in [3.63, 3.8) is 0 Å². The smallest absolute Gasteiger partial charge is 0.285 e. The van der Waals surface area contributed by atoms with Crippen LogP contribution in [0.4, 0.5) is 10.5 Å². The molecule has 0 aliphatic rings. The van der Waals surface area contributed by atoms with Crippen molar-refractivity contribution in [2.75, 3.05) is 18.2 Å². The van der Waals surface area contributed by atoms with E-state index in [2.05, 4.69) is 13.0 Å². The molecule has 0 bridgehead atoms. The van der Waals surface area contributed by atoms with E-state index in [-0.39, 0.29) is 5.24 Å². The lowest BCUT2D eigenvalue weighted by molar-refractivity contribution is 0.266. The summed E-state index contributed by atoms with van der Waals surface area (Å²) < 4.78 is 5.94. The second-order valence-electron chi connectivity index (χ2n) is 5.22. The van der Waals surface area contributed by atoms with Crippen LogP contribution in [0.5, 0.6) is 5.75 Å². The Kier molecular flexibility index (Phi) is 5.50. The number of amides is 1. The van der Waals surface area contributed by atoms with Crippen LogP contribution in [0.2, 0.25) is 0 Å². The van der Waals surface area contributed by atoms with Crippen molar-refractivity contribution in [2.45, 2.75) is 20.5 Å². The van der Waals surface area contributed by atoms with Gasteiger partial charge in [-0.15, -0.1) is 0 Å². The minimum atomic E-state index is 0.0129. The quantitative estimate of drug-likeness (QED) is 0.811. The number of rotatable bonds is 4. The van der Waals surface area contributed by atoms with Gasteiger partial charge in [-0.25, -0.2) is 0 Å². The second-order valence-corrected chi connectivity index (χ2v) is 5.97. The fourth-order valence-electron chi connectivity index (χ4n) is 2.31. The molecule has 0 heterocycles. The van der Waals surface area contributed by atoms with Gasteiger partial charge in [-0.1, -0.05) is 47.7 Å². The monoisotopic (exact) mass is 315 g/mol. The lowest BCUT2D eigenvalue weighted by Gasteiger charge is -2.20. The van der Waals surface area contributed by atoms with E-state index < -0.39 is 0 Å². The number of ether oxygens (including phenoxy) is 1. The summed E-state index contributed by atoms with van der Waals surface area (Å²) in [6.07, 6.45) is 1.79. The highest BCUT2D eigenvalue weighted by molar-refractivity contribution is 8.13. The Morgan fingerprint density at radius 2 is 1.91 bits per heavy atom. The van der Waals surface area contributed by atoms with E-state index in [1.165, 1.54) is 17.3 Å². The first-order valence-electron chi connectivity index (χ1n) is 7.12. The summed E-state index contributed by atoms with van der Waals surface area (Å²) in [7, 11) is 1.79. The highest BCUT2D eigenvalue weighted by Crippen LogP contribution is 2.25. The van der Waals surface area contributed by atoms with E-state index in [1.54, 1.807) is 18.2 Å². The molecule has 0 unspecified atom stereocenters. The maximum atomic E-state index is 11.9. The van der Waals surface area contributed by atoms with Gasteiger partial charge in [0.15, 0.2) is 0 Å². The van der Waals surface area contributed by atoms with E-state index >= 15 is 0 Å². The topological polar surface area (TPSA) is 29.5 Å². The summed E-state index contributed by atoms with van der Waals surface area (Å²) in [6.45, 7) is 4.54. The Balaban J connectivity index is 2.18. The Bertz CT molecular complexity index is 670. The molecule has 2 aromatic carbocycles. The molecule has 0 saturated carbocycles. The third kappa shape index (κ3) is 3.83. The number of aryl methyl sites for hydroxylation is 2. The van der Waals surface area contributed by atoms with Crippen LogP contribution in [-0.2, 0) is 6.61 Å². The summed E-state index contributed by atoms with van der Waals surface area (Å²) in [5, 5.41) is 0.0129. The number of hydrogen-bond acceptors (Lipinski definition) is 3. The van der Waals surface area contributed by atoms with Crippen LogP contribution in [-0.4, -0.2) is 18.5 Å². The fourth-order valence-corrected chi connectivity index (χ4v) is 2.68. The van der Waals surface area contributed by atoms with Crippen molar-refractivity contribution in [1.29, 1.82) is 0 Å². The zero-order chi connectivity index (χ0) is 16.1. The summed E-state index contributed by atoms with van der Waals surface area (Å²) in [5.41, 5.74) is 4.21. The van der Waals surface area contributed by atoms with Gasteiger partial charge in [0.25, 0.3) is 5.24 Å². The molecule has 0 aliphatic carbocycles. The molecule has 0 fully saturated rings. The molecule has 0 atom stereocenters. The maximum absolute atomic E-state index is 11.9. The second kappa shape index (κ2) is 7.36. The number of carbonyl (C=O) groups excluding carboxylic acids is 1. The van der Waals surface area contributed by atoms with Gasteiger partial charge >= 0.3 is 0 Å². The highest BCUT2D eigenvalue weighted by atomic mass is 32.2. The lowest BCUT2D eigenvalue weighted by atomic mass is 10.1. The van der Waals surface area contributed by atoms with Crippen molar-refractivity contribution in [2.24, 2.45) is 0 Å². The molecule has 0 N–H and O–H groups in total. The Morgan fingerprint density at radius 3 is 2.59 bits per heavy atom. The van der Waals surface area contributed by atoms with Crippen LogP contribution < -0.4 is 9.64 Å². The van der Waals surface area contributed by atoms with Crippen molar-refractivity contribution in [3.05, 3.63) is 59.2 Å². The largest absolute Gasteiger partial charge is 0.489 e. The van der Waals surface area contributed by atoms with Gasteiger partial charge in [0.2, 0.25) is 0 Å². The van der Waals surface area contributed by atoms with E-state index in [9.17, 15) is 4.79 Å². The molecule has 1 amide bonds. The van der Waals surface area contributed by atoms with Crippen LogP contribution >= 0.6 is 11.8 Å². The summed E-state index contributed by atoms with van der Waals surface area (Å²) >= 11 is 1.20. The number of nitrogens with zero attached hydrogens (tertiary/aromatic N) is 1. The SMILES string of the molecule is CSC(=O)N(C)c1ccccc1COc1ccc(C)cc1C. The molecule has 4 heteroatoms. The molecule has 3 nitrogen and oxygen atoms in total. The first-order chi connectivity index (χ1) is 10.5. The number of carbonyl (C=O) groups is 1. The van der Waals surface area contributed by atoms with Gasteiger partial charge < -0.3 is 9.64 Å². The predicted molar refractivity (Wildman–Crippen MR) is 94.0 cm³/mol. The normalized spacial score (nSPS) is 10.4. The molecule has 116 valence electrons. The van der Waals surface area contributed by atoms with Crippen molar-refractivity contribution in [3.8, 4) is 5.75 Å². The first kappa shape index (κ1) is 16.4. The van der Waals surface area contributed by atoms with Crippen LogP contribution in [0.15, 0.2) is 42.5 Å². The number of anilines is 1. The Hall–Kier alpha value is -1.94. The van der Waals surface area contributed by atoms with Gasteiger partial charge in [-0.3, -0.25) is 4.79 Å². The molecule has 0 spiro atoms. The van der Waals surface area contributed by atoms with Crippen LogP contribution in [0.25, 0.3) is 0 Å². The number of para-hydroxylation sites is 1. The fraction of sp³-hybridized carbons (Fsp3) is 0.278. The minimum absolute atomic E-state index is 0.0129. The third-order valence-electron chi connectivity index (χ3n) is 3.52. The number of benzene rings is 2. The molecule has 2 rings (SSSR count). The van der Waals surface area contributed by atoms with Crippen molar-refractivity contribution < 1.29 is 9.53 Å². The zero-order valence-corrected chi connectivity index (χ0v) is 14.2. The molecule has 0 radical (unpaired) electrons. The van der Waals surface area contributed by atoms with Gasteiger partial charge in [0, 0.05) is 12.6 Å². The highest BCUT2D eigenvalue weighted by Gasteiger charge is 2.13. The zero-order valence-electron chi connectivity index (χ0n) is 13.4. The van der Waals surface area contributed by atoms with E-state index in [0.717, 1.165) is 22.6 Å². The van der Waals surface area contributed by atoms with E-state index in [0.29, 0.717) is 6.61 Å². The number of thioether (sulfide) groups is 1. The van der Waals surface area contributed by atoms with Crippen LogP contribution in [0.3, 0.4) is 0 Å². The van der Waals surface area contributed by atoms with Gasteiger partial charge in [0.1, 0.15) is 12.4 Å². The molecule has 0 saturated heterocycles. The first-order valence-corrected chi connectivity index (χ1v) is 8.35. The van der Waals surface area contributed by atoms with Crippen molar-refractivity contribution in [1.82, 2.24) is 0 Å². The van der Waals surface area contributed by atoms with Gasteiger partial charge in [-0.05, 0) is 37.8 Å². The Labute approximate surface area is 136 Å². The minimum Gasteiger partial charge on any atom is -0.489 e. The third-order valence-corrected chi connectivity index (χ3v) is 4.14. The number of hydrogen-bond donors (Lipinski definition) is 0.